The van der Waals surface area contributed by atoms with Gasteiger partial charge in [-0.25, -0.2) is 0 Å². The van der Waals surface area contributed by atoms with E-state index in [-0.39, 0.29) is 0 Å². The van der Waals surface area contributed by atoms with Crippen LogP contribution in [0.3, 0.4) is 0 Å². The highest BCUT2D eigenvalue weighted by Crippen LogP contribution is 2.20. The first-order chi connectivity index (χ1) is 9.28. The number of nitrogens with two attached hydrogens (primary N) is 1. The second kappa shape index (κ2) is 4.80. The molecule has 0 spiro atoms. The quantitative estimate of drug-likeness (QED) is 0.778. The van der Waals surface area contributed by atoms with Gasteiger partial charge in [-0.05, 0) is 29.5 Å². The molecule has 4 heteroatoms. The van der Waals surface area contributed by atoms with E-state index in [2.05, 4.69) is 47.1 Å². The molecule has 0 saturated heterocycles. The Kier molecular flexibility index (Phi) is 2.99. The number of aryl methyl sites for hydroxylation is 3. The standard InChI is InChI=1S/C15H18N4/c1-2-12-4-3-5-13-6-8-18(15(12)13)10-11-19-9-7-14(16)17-19/h3-9H,2,10-11H2,1H3,(H2,16,17). The smallest absolute Gasteiger partial charge is 0.145 e. The normalized spacial score (nSPS) is 11.2. The molecule has 0 saturated carbocycles. The molecule has 3 rings (SSSR count). The lowest BCUT2D eigenvalue weighted by atomic mass is 10.1. The highest BCUT2D eigenvalue weighted by molar-refractivity contribution is 5.83. The van der Waals surface area contributed by atoms with Crippen molar-refractivity contribution >= 4 is 16.7 Å². The third kappa shape index (κ3) is 2.21. The predicted molar refractivity (Wildman–Crippen MR) is 78.0 cm³/mol. The van der Waals surface area contributed by atoms with Crippen molar-refractivity contribution in [3.63, 3.8) is 0 Å². The number of hydrogen-bond donors (Lipinski definition) is 1. The van der Waals surface area contributed by atoms with Crippen molar-refractivity contribution in [1.82, 2.24) is 14.3 Å². The average Bonchev–Trinajstić information content (AvgIpc) is 3.02. The Balaban J connectivity index is 1.88. The van der Waals surface area contributed by atoms with E-state index in [1.165, 1.54) is 16.5 Å². The Labute approximate surface area is 112 Å². The molecule has 0 radical (unpaired) electrons. The lowest BCUT2D eigenvalue weighted by Gasteiger charge is -2.09. The molecule has 0 aliphatic carbocycles. The molecular weight excluding hydrogens is 236 g/mol. The molecule has 0 fully saturated rings. The van der Waals surface area contributed by atoms with Gasteiger partial charge in [-0.15, -0.1) is 0 Å². The zero-order chi connectivity index (χ0) is 13.2. The van der Waals surface area contributed by atoms with Crippen LogP contribution < -0.4 is 5.73 Å². The first kappa shape index (κ1) is 11.8. The number of rotatable bonds is 4. The third-order valence-corrected chi connectivity index (χ3v) is 3.48. The van der Waals surface area contributed by atoms with E-state index in [0.29, 0.717) is 5.82 Å². The molecule has 19 heavy (non-hydrogen) atoms. The number of fused-ring (bicyclic) bond motifs is 1. The molecule has 4 nitrogen and oxygen atoms in total. The van der Waals surface area contributed by atoms with Crippen LogP contribution in [-0.4, -0.2) is 14.3 Å². The minimum absolute atomic E-state index is 0.576. The molecule has 2 aromatic heterocycles. The molecular formula is C15H18N4. The Hall–Kier alpha value is -2.23. The summed E-state index contributed by atoms with van der Waals surface area (Å²) in [7, 11) is 0. The number of para-hydroxylation sites is 1. The Morgan fingerprint density at radius 3 is 2.74 bits per heavy atom. The van der Waals surface area contributed by atoms with Crippen LogP contribution >= 0.6 is 0 Å². The highest BCUT2D eigenvalue weighted by atomic mass is 15.3. The number of anilines is 1. The average molecular weight is 254 g/mol. The summed E-state index contributed by atoms with van der Waals surface area (Å²) in [6, 6.07) is 10.5. The Bertz CT molecular complexity index is 693. The number of benzene rings is 1. The number of nitrogen functional groups attached to an aromatic ring is 1. The molecule has 0 aliphatic rings. The fourth-order valence-electron chi connectivity index (χ4n) is 2.52. The monoisotopic (exact) mass is 254 g/mol. The summed E-state index contributed by atoms with van der Waals surface area (Å²) in [5.41, 5.74) is 8.35. The second-order valence-corrected chi connectivity index (χ2v) is 4.72. The van der Waals surface area contributed by atoms with Crippen molar-refractivity contribution in [2.75, 3.05) is 5.73 Å². The van der Waals surface area contributed by atoms with Crippen LogP contribution in [0.2, 0.25) is 0 Å². The third-order valence-electron chi connectivity index (χ3n) is 3.48. The van der Waals surface area contributed by atoms with Crippen LogP contribution in [-0.2, 0) is 19.5 Å². The van der Waals surface area contributed by atoms with Crippen LogP contribution in [0, 0.1) is 0 Å². The molecule has 3 aromatic rings. The SMILES string of the molecule is CCc1cccc2ccn(CCn3ccc(N)n3)c12. The maximum atomic E-state index is 5.62. The van der Waals surface area contributed by atoms with Gasteiger partial charge in [0.2, 0.25) is 0 Å². The molecule has 1 aromatic carbocycles. The highest BCUT2D eigenvalue weighted by Gasteiger charge is 2.05. The van der Waals surface area contributed by atoms with Crippen LogP contribution in [0.4, 0.5) is 5.82 Å². The van der Waals surface area contributed by atoms with Crippen LogP contribution in [0.5, 0.6) is 0 Å². The maximum absolute atomic E-state index is 5.62. The Morgan fingerprint density at radius 1 is 1.11 bits per heavy atom. The van der Waals surface area contributed by atoms with Crippen molar-refractivity contribution < 1.29 is 0 Å². The summed E-state index contributed by atoms with van der Waals surface area (Å²) in [4.78, 5) is 0. The zero-order valence-corrected chi connectivity index (χ0v) is 11.1. The van der Waals surface area contributed by atoms with Gasteiger partial charge >= 0.3 is 0 Å². The largest absolute Gasteiger partial charge is 0.382 e. The molecule has 2 N–H and O–H groups in total. The van der Waals surface area contributed by atoms with E-state index in [9.17, 15) is 0 Å². The van der Waals surface area contributed by atoms with Gasteiger partial charge in [0.15, 0.2) is 0 Å². The molecule has 0 unspecified atom stereocenters. The van der Waals surface area contributed by atoms with Crippen LogP contribution in [0.15, 0.2) is 42.7 Å². The number of nitrogens with zero attached hydrogens (tertiary/aromatic N) is 3. The summed E-state index contributed by atoms with van der Waals surface area (Å²) >= 11 is 0. The molecule has 2 heterocycles. The van der Waals surface area contributed by atoms with Gasteiger partial charge in [-0.3, -0.25) is 4.68 Å². The van der Waals surface area contributed by atoms with E-state index in [1.54, 1.807) is 0 Å². The summed E-state index contributed by atoms with van der Waals surface area (Å²) in [5, 5.41) is 5.52. The summed E-state index contributed by atoms with van der Waals surface area (Å²) in [5.74, 6) is 0.576. The molecule has 0 bridgehead atoms. The Morgan fingerprint density at radius 2 is 2.00 bits per heavy atom. The van der Waals surface area contributed by atoms with Gasteiger partial charge in [-0.1, -0.05) is 25.1 Å². The molecule has 98 valence electrons. The van der Waals surface area contributed by atoms with E-state index in [4.69, 9.17) is 5.73 Å². The summed E-state index contributed by atoms with van der Waals surface area (Å²) in [6.45, 7) is 3.93. The zero-order valence-electron chi connectivity index (χ0n) is 11.1. The van der Waals surface area contributed by atoms with Crippen molar-refractivity contribution in [2.24, 2.45) is 0 Å². The van der Waals surface area contributed by atoms with E-state index < -0.39 is 0 Å². The van der Waals surface area contributed by atoms with Crippen molar-refractivity contribution in [3.8, 4) is 0 Å². The van der Waals surface area contributed by atoms with Gasteiger partial charge in [-0.2, -0.15) is 5.10 Å². The van der Waals surface area contributed by atoms with E-state index >= 15 is 0 Å². The topological polar surface area (TPSA) is 48.8 Å². The van der Waals surface area contributed by atoms with Gasteiger partial charge in [0.05, 0.1) is 12.1 Å². The fraction of sp³-hybridized carbons (Fsp3) is 0.267. The molecule has 0 atom stereocenters. The second-order valence-electron chi connectivity index (χ2n) is 4.72. The van der Waals surface area contributed by atoms with Crippen LogP contribution in [0.1, 0.15) is 12.5 Å². The van der Waals surface area contributed by atoms with Gasteiger partial charge in [0.25, 0.3) is 0 Å². The molecule has 0 aliphatic heterocycles. The minimum atomic E-state index is 0.576. The lowest BCUT2D eigenvalue weighted by Crippen LogP contribution is -2.08. The number of aromatic nitrogens is 3. The first-order valence-electron chi connectivity index (χ1n) is 6.63. The maximum Gasteiger partial charge on any atom is 0.145 e. The van der Waals surface area contributed by atoms with E-state index in [0.717, 1.165) is 19.5 Å². The van der Waals surface area contributed by atoms with Crippen molar-refractivity contribution in [1.29, 1.82) is 0 Å². The fourth-order valence-corrected chi connectivity index (χ4v) is 2.52. The minimum Gasteiger partial charge on any atom is -0.382 e. The van der Waals surface area contributed by atoms with Gasteiger partial charge in [0, 0.05) is 18.9 Å². The lowest BCUT2D eigenvalue weighted by molar-refractivity contribution is 0.544. The van der Waals surface area contributed by atoms with Crippen molar-refractivity contribution in [3.05, 3.63) is 48.3 Å². The first-order valence-corrected chi connectivity index (χ1v) is 6.63. The van der Waals surface area contributed by atoms with Gasteiger partial charge in [0.1, 0.15) is 5.82 Å². The summed E-state index contributed by atoms with van der Waals surface area (Å²) < 4.78 is 4.18. The van der Waals surface area contributed by atoms with E-state index in [1.807, 2.05) is 16.9 Å². The van der Waals surface area contributed by atoms with Crippen molar-refractivity contribution in [2.45, 2.75) is 26.4 Å². The summed E-state index contributed by atoms with van der Waals surface area (Å²) in [6.07, 6.45) is 5.12. The predicted octanol–water partition coefficient (Wildman–Crippen LogP) is 2.68. The van der Waals surface area contributed by atoms with Crippen LogP contribution in [0.25, 0.3) is 10.9 Å². The van der Waals surface area contributed by atoms with Gasteiger partial charge < -0.3 is 10.3 Å². The molecule has 0 amide bonds. The number of hydrogen-bond acceptors (Lipinski definition) is 2.